The lowest BCUT2D eigenvalue weighted by molar-refractivity contribution is 0.102. The molecule has 3 nitrogen and oxygen atoms in total. The summed E-state index contributed by atoms with van der Waals surface area (Å²) in [5, 5.41) is 13.2. The lowest BCUT2D eigenvalue weighted by Gasteiger charge is -2.17. The second-order valence-corrected chi connectivity index (χ2v) is 5.40. The minimum absolute atomic E-state index is 0.0332. The first-order chi connectivity index (χ1) is 10.1. The van der Waals surface area contributed by atoms with Gasteiger partial charge in [-0.25, -0.2) is 0 Å². The van der Waals surface area contributed by atoms with E-state index in [0.717, 1.165) is 17.5 Å². The van der Waals surface area contributed by atoms with E-state index >= 15 is 0 Å². The molecule has 1 aliphatic rings. The van der Waals surface area contributed by atoms with Crippen LogP contribution in [-0.2, 0) is 6.42 Å². The molecule has 3 rings (SSSR count). The minimum Gasteiger partial charge on any atom is -0.506 e. The van der Waals surface area contributed by atoms with Gasteiger partial charge in [-0.05, 0) is 36.6 Å². The molecule has 1 aliphatic carbocycles. The minimum atomic E-state index is 0.0332. The van der Waals surface area contributed by atoms with Crippen LogP contribution in [0.4, 0.5) is 5.69 Å². The molecule has 0 fully saturated rings. The molecule has 0 bridgehead atoms. The SMILES string of the molecule is O=C1C(=CNc2cc(Cl)ccc2O)CCc2ccccc21. The van der Waals surface area contributed by atoms with Crippen molar-refractivity contribution in [2.45, 2.75) is 12.8 Å². The Hall–Kier alpha value is -2.26. The van der Waals surface area contributed by atoms with Crippen LogP contribution in [0.5, 0.6) is 5.75 Å². The molecule has 106 valence electrons. The lowest BCUT2D eigenvalue weighted by atomic mass is 9.87. The van der Waals surface area contributed by atoms with Crippen LogP contribution in [0, 0.1) is 0 Å². The Morgan fingerprint density at radius 2 is 1.95 bits per heavy atom. The number of phenols is 1. The third-order valence-corrected chi connectivity index (χ3v) is 3.81. The van der Waals surface area contributed by atoms with E-state index in [4.69, 9.17) is 11.6 Å². The van der Waals surface area contributed by atoms with Gasteiger partial charge in [0.2, 0.25) is 0 Å². The van der Waals surface area contributed by atoms with E-state index in [1.54, 1.807) is 18.3 Å². The Kier molecular flexibility index (Phi) is 3.67. The van der Waals surface area contributed by atoms with Gasteiger partial charge in [0.15, 0.2) is 5.78 Å². The Morgan fingerprint density at radius 1 is 1.14 bits per heavy atom. The fraction of sp³-hybridized carbons (Fsp3) is 0.118. The van der Waals surface area contributed by atoms with Crippen LogP contribution in [-0.4, -0.2) is 10.9 Å². The number of halogens is 1. The van der Waals surface area contributed by atoms with Crippen LogP contribution in [0.3, 0.4) is 0 Å². The third kappa shape index (κ3) is 2.78. The Bertz CT molecular complexity index is 737. The summed E-state index contributed by atoms with van der Waals surface area (Å²) >= 11 is 5.90. The average molecular weight is 300 g/mol. The summed E-state index contributed by atoms with van der Waals surface area (Å²) < 4.78 is 0. The van der Waals surface area contributed by atoms with Crippen LogP contribution in [0.25, 0.3) is 0 Å². The Labute approximate surface area is 127 Å². The summed E-state index contributed by atoms with van der Waals surface area (Å²) in [6, 6.07) is 12.4. The van der Waals surface area contributed by atoms with Gasteiger partial charge in [0, 0.05) is 22.4 Å². The molecule has 0 aromatic heterocycles. The van der Waals surface area contributed by atoms with Crippen LogP contribution < -0.4 is 5.32 Å². The monoisotopic (exact) mass is 299 g/mol. The van der Waals surface area contributed by atoms with Crippen molar-refractivity contribution in [3.63, 3.8) is 0 Å². The number of hydrogen-bond donors (Lipinski definition) is 2. The van der Waals surface area contributed by atoms with E-state index in [1.807, 2.05) is 24.3 Å². The molecule has 0 heterocycles. The van der Waals surface area contributed by atoms with Crippen molar-refractivity contribution in [2.75, 3.05) is 5.32 Å². The zero-order chi connectivity index (χ0) is 14.8. The predicted molar refractivity (Wildman–Crippen MR) is 83.9 cm³/mol. The van der Waals surface area contributed by atoms with Crippen molar-refractivity contribution in [1.29, 1.82) is 0 Å². The number of rotatable bonds is 2. The fourth-order valence-electron chi connectivity index (χ4n) is 2.44. The molecule has 2 aromatic carbocycles. The smallest absolute Gasteiger partial charge is 0.190 e. The highest BCUT2D eigenvalue weighted by Crippen LogP contribution is 2.28. The van der Waals surface area contributed by atoms with Crippen LogP contribution in [0.1, 0.15) is 22.3 Å². The molecule has 0 amide bonds. The van der Waals surface area contributed by atoms with Gasteiger partial charge in [-0.2, -0.15) is 0 Å². The number of hydrogen-bond acceptors (Lipinski definition) is 3. The number of Topliss-reactive ketones (excluding diaryl/α,β-unsaturated/α-hetero) is 1. The summed E-state index contributed by atoms with van der Waals surface area (Å²) in [7, 11) is 0. The van der Waals surface area contributed by atoms with Gasteiger partial charge in [-0.1, -0.05) is 35.9 Å². The maximum Gasteiger partial charge on any atom is 0.190 e. The first-order valence-electron chi connectivity index (χ1n) is 6.72. The number of anilines is 1. The normalized spacial score (nSPS) is 15.9. The van der Waals surface area contributed by atoms with E-state index < -0.39 is 0 Å². The molecule has 2 aromatic rings. The molecule has 0 unspecified atom stereocenters. The van der Waals surface area contributed by atoms with Crippen molar-refractivity contribution in [3.05, 3.63) is 70.4 Å². The van der Waals surface area contributed by atoms with Crippen molar-refractivity contribution >= 4 is 23.1 Å². The summed E-state index contributed by atoms with van der Waals surface area (Å²) in [6.07, 6.45) is 3.19. The number of ketones is 1. The van der Waals surface area contributed by atoms with Gasteiger partial charge in [-0.3, -0.25) is 4.79 Å². The zero-order valence-corrected chi connectivity index (χ0v) is 12.0. The highest BCUT2D eigenvalue weighted by molar-refractivity contribution is 6.30. The summed E-state index contributed by atoms with van der Waals surface area (Å²) in [5.41, 5.74) is 3.03. The third-order valence-electron chi connectivity index (χ3n) is 3.58. The van der Waals surface area contributed by atoms with Gasteiger partial charge in [0.25, 0.3) is 0 Å². The maximum absolute atomic E-state index is 12.4. The van der Waals surface area contributed by atoms with E-state index in [1.165, 1.54) is 6.07 Å². The van der Waals surface area contributed by atoms with Gasteiger partial charge < -0.3 is 10.4 Å². The van der Waals surface area contributed by atoms with Gasteiger partial charge in [0.1, 0.15) is 5.75 Å². The van der Waals surface area contributed by atoms with Crippen LogP contribution >= 0.6 is 11.6 Å². The van der Waals surface area contributed by atoms with Gasteiger partial charge in [-0.15, -0.1) is 0 Å². The number of carbonyl (C=O) groups excluding carboxylic acids is 1. The molecule has 0 radical (unpaired) electrons. The summed E-state index contributed by atoms with van der Waals surface area (Å²) in [5.74, 6) is 0.130. The number of aryl methyl sites for hydroxylation is 1. The number of carbonyl (C=O) groups is 1. The number of nitrogens with one attached hydrogen (secondary N) is 1. The largest absolute Gasteiger partial charge is 0.506 e. The molecular formula is C17H14ClNO2. The van der Waals surface area contributed by atoms with Crippen molar-refractivity contribution in [3.8, 4) is 5.75 Å². The zero-order valence-electron chi connectivity index (χ0n) is 11.3. The second-order valence-electron chi connectivity index (χ2n) is 4.96. The number of allylic oxidation sites excluding steroid dienone is 1. The quantitative estimate of drug-likeness (QED) is 0.646. The molecule has 0 atom stereocenters. The molecule has 0 spiro atoms. The van der Waals surface area contributed by atoms with E-state index in [-0.39, 0.29) is 11.5 Å². The van der Waals surface area contributed by atoms with Crippen LogP contribution in [0.15, 0.2) is 54.2 Å². The average Bonchev–Trinajstić information content (AvgIpc) is 2.50. The highest BCUT2D eigenvalue weighted by Gasteiger charge is 2.21. The fourth-order valence-corrected chi connectivity index (χ4v) is 2.61. The first kappa shape index (κ1) is 13.7. The molecule has 0 saturated heterocycles. The van der Waals surface area contributed by atoms with Crippen LogP contribution in [0.2, 0.25) is 5.02 Å². The second kappa shape index (κ2) is 5.62. The van der Waals surface area contributed by atoms with Crippen molar-refractivity contribution in [1.82, 2.24) is 0 Å². The molecular weight excluding hydrogens is 286 g/mol. The van der Waals surface area contributed by atoms with E-state index in [0.29, 0.717) is 22.7 Å². The number of benzene rings is 2. The van der Waals surface area contributed by atoms with Crippen molar-refractivity contribution < 1.29 is 9.90 Å². The summed E-state index contributed by atoms with van der Waals surface area (Å²) in [4.78, 5) is 12.4. The number of phenolic OH excluding ortho intramolecular Hbond substituents is 1. The van der Waals surface area contributed by atoms with Gasteiger partial charge >= 0.3 is 0 Å². The topological polar surface area (TPSA) is 49.3 Å². The maximum atomic E-state index is 12.4. The Morgan fingerprint density at radius 3 is 2.81 bits per heavy atom. The number of fused-ring (bicyclic) bond motifs is 1. The molecule has 4 heteroatoms. The highest BCUT2D eigenvalue weighted by atomic mass is 35.5. The predicted octanol–water partition coefficient (Wildman–Crippen LogP) is 4.17. The molecule has 0 aliphatic heterocycles. The summed E-state index contributed by atoms with van der Waals surface area (Å²) in [6.45, 7) is 0. The number of aromatic hydroxyl groups is 1. The standard InChI is InChI=1S/C17H14ClNO2/c18-13-7-8-16(20)15(9-13)19-10-12-6-5-11-3-1-2-4-14(11)17(12)21/h1-4,7-10,19-20H,5-6H2. The van der Waals surface area contributed by atoms with E-state index in [2.05, 4.69) is 5.32 Å². The molecule has 0 saturated carbocycles. The molecule has 2 N–H and O–H groups in total. The first-order valence-corrected chi connectivity index (χ1v) is 7.09. The lowest BCUT2D eigenvalue weighted by Crippen LogP contribution is -2.15. The van der Waals surface area contributed by atoms with E-state index in [9.17, 15) is 9.90 Å². The van der Waals surface area contributed by atoms with Crippen molar-refractivity contribution in [2.24, 2.45) is 0 Å². The van der Waals surface area contributed by atoms with Gasteiger partial charge in [0.05, 0.1) is 5.69 Å². The Balaban J connectivity index is 1.85. The molecule has 21 heavy (non-hydrogen) atoms.